The van der Waals surface area contributed by atoms with Gasteiger partial charge in [0.25, 0.3) is 0 Å². The summed E-state index contributed by atoms with van der Waals surface area (Å²) in [5, 5.41) is 2.66. The fraction of sp³-hybridized carbons (Fsp3) is 0.111. The van der Waals surface area contributed by atoms with Crippen LogP contribution >= 0.6 is 0 Å². The molecule has 2 aromatic carbocycles. The van der Waals surface area contributed by atoms with Gasteiger partial charge in [0.15, 0.2) is 0 Å². The van der Waals surface area contributed by atoms with Gasteiger partial charge in [-0.3, -0.25) is 0 Å². The normalized spacial score (nSPS) is 13.5. The SMILES string of the molecule is C1=Cc2cc(COCc3ccc4c(c3)=CC=4)ccc21. The molecule has 2 aliphatic rings. The molecule has 2 aliphatic carbocycles. The maximum absolute atomic E-state index is 5.80. The first kappa shape index (κ1) is 10.8. The van der Waals surface area contributed by atoms with Crippen molar-refractivity contribution in [1.82, 2.24) is 0 Å². The molecule has 1 heteroatoms. The molecule has 0 radical (unpaired) electrons. The molecule has 0 saturated heterocycles. The molecule has 0 amide bonds. The lowest BCUT2D eigenvalue weighted by atomic mass is 9.96. The molecule has 0 spiro atoms. The average molecular weight is 246 g/mol. The topological polar surface area (TPSA) is 9.23 Å². The Bertz CT molecular complexity index is 797. The van der Waals surface area contributed by atoms with Gasteiger partial charge in [-0.15, -0.1) is 0 Å². The monoisotopic (exact) mass is 246 g/mol. The van der Waals surface area contributed by atoms with Crippen molar-refractivity contribution in [3.05, 3.63) is 69.1 Å². The maximum Gasteiger partial charge on any atom is 0.0721 e. The summed E-state index contributed by atoms with van der Waals surface area (Å²) in [4.78, 5) is 0. The summed E-state index contributed by atoms with van der Waals surface area (Å²) in [5.41, 5.74) is 5.14. The van der Waals surface area contributed by atoms with Gasteiger partial charge in [-0.1, -0.05) is 48.6 Å². The zero-order chi connectivity index (χ0) is 12.7. The minimum absolute atomic E-state index is 0.675. The number of ether oxygens (including phenoxy) is 1. The van der Waals surface area contributed by atoms with Gasteiger partial charge in [-0.2, -0.15) is 0 Å². The zero-order valence-electron chi connectivity index (χ0n) is 10.6. The fourth-order valence-electron chi connectivity index (χ4n) is 2.47. The van der Waals surface area contributed by atoms with E-state index in [2.05, 4.69) is 60.7 Å². The van der Waals surface area contributed by atoms with Gasteiger partial charge in [0.1, 0.15) is 0 Å². The zero-order valence-corrected chi connectivity index (χ0v) is 10.6. The van der Waals surface area contributed by atoms with Crippen LogP contribution in [0.4, 0.5) is 0 Å². The van der Waals surface area contributed by atoms with Gasteiger partial charge in [0.05, 0.1) is 13.2 Å². The van der Waals surface area contributed by atoms with E-state index in [1.807, 2.05) is 0 Å². The molecule has 1 nitrogen and oxygen atoms in total. The lowest BCUT2D eigenvalue weighted by Gasteiger charge is -2.12. The quantitative estimate of drug-likeness (QED) is 0.687. The second kappa shape index (κ2) is 4.22. The Labute approximate surface area is 112 Å². The summed E-state index contributed by atoms with van der Waals surface area (Å²) in [6.45, 7) is 1.35. The minimum Gasteiger partial charge on any atom is -0.372 e. The van der Waals surface area contributed by atoms with Crippen LogP contribution in [0.1, 0.15) is 22.3 Å². The molecule has 0 unspecified atom stereocenters. The Kier molecular flexibility index (Phi) is 2.39. The van der Waals surface area contributed by atoms with Crippen molar-refractivity contribution in [2.45, 2.75) is 13.2 Å². The van der Waals surface area contributed by atoms with E-state index in [1.165, 1.54) is 32.7 Å². The summed E-state index contributed by atoms with van der Waals surface area (Å²) in [6, 6.07) is 13.0. The van der Waals surface area contributed by atoms with Crippen LogP contribution in [0.3, 0.4) is 0 Å². The van der Waals surface area contributed by atoms with E-state index in [4.69, 9.17) is 4.74 Å². The summed E-state index contributed by atoms with van der Waals surface area (Å²) in [5.74, 6) is 0. The van der Waals surface area contributed by atoms with Gasteiger partial charge in [-0.25, -0.2) is 0 Å². The number of benzene rings is 2. The van der Waals surface area contributed by atoms with E-state index in [0.29, 0.717) is 13.2 Å². The lowest BCUT2D eigenvalue weighted by Crippen LogP contribution is -2.30. The van der Waals surface area contributed by atoms with Gasteiger partial charge in [-0.05, 0) is 44.8 Å². The van der Waals surface area contributed by atoms with Gasteiger partial charge < -0.3 is 4.74 Å². The van der Waals surface area contributed by atoms with Crippen LogP contribution in [0.2, 0.25) is 0 Å². The molecular weight excluding hydrogens is 232 g/mol. The van der Waals surface area contributed by atoms with Crippen LogP contribution in [-0.2, 0) is 18.0 Å². The number of rotatable bonds is 4. The predicted octanol–water partition coefficient (Wildman–Crippen LogP) is 2.46. The van der Waals surface area contributed by atoms with E-state index in [0.717, 1.165) is 0 Å². The van der Waals surface area contributed by atoms with Crippen LogP contribution in [0, 0.1) is 0 Å². The third-order valence-corrected chi connectivity index (χ3v) is 3.72. The van der Waals surface area contributed by atoms with Crippen molar-refractivity contribution in [3.63, 3.8) is 0 Å². The highest BCUT2D eigenvalue weighted by Gasteiger charge is 2.05. The molecule has 0 saturated carbocycles. The molecular formula is C18H14O. The summed E-state index contributed by atoms with van der Waals surface area (Å²) < 4.78 is 5.80. The summed E-state index contributed by atoms with van der Waals surface area (Å²) in [6.07, 6.45) is 8.55. The Morgan fingerprint density at radius 1 is 0.684 bits per heavy atom. The maximum atomic E-state index is 5.80. The Morgan fingerprint density at radius 2 is 1.42 bits per heavy atom. The fourth-order valence-corrected chi connectivity index (χ4v) is 2.47. The van der Waals surface area contributed by atoms with Crippen molar-refractivity contribution >= 4 is 24.3 Å². The van der Waals surface area contributed by atoms with Crippen molar-refractivity contribution < 1.29 is 4.74 Å². The molecule has 0 aromatic heterocycles. The van der Waals surface area contributed by atoms with Crippen molar-refractivity contribution in [2.75, 3.05) is 0 Å². The number of hydrogen-bond donors (Lipinski definition) is 0. The minimum atomic E-state index is 0.675. The molecule has 0 bridgehead atoms. The van der Waals surface area contributed by atoms with Crippen LogP contribution in [0.25, 0.3) is 24.3 Å². The standard InChI is InChI=1S/C18H14O/c1-3-15-5-7-17(15)9-13(1)11-19-12-14-2-4-16-6-8-18(16)10-14/h1-10H,11-12H2. The van der Waals surface area contributed by atoms with Gasteiger partial charge in [0.2, 0.25) is 0 Å². The molecule has 4 rings (SSSR count). The van der Waals surface area contributed by atoms with Crippen molar-refractivity contribution in [2.24, 2.45) is 0 Å². The highest BCUT2D eigenvalue weighted by atomic mass is 16.5. The van der Waals surface area contributed by atoms with E-state index in [1.54, 1.807) is 0 Å². The van der Waals surface area contributed by atoms with Crippen LogP contribution in [-0.4, -0.2) is 0 Å². The summed E-state index contributed by atoms with van der Waals surface area (Å²) in [7, 11) is 0. The molecule has 0 aliphatic heterocycles. The van der Waals surface area contributed by atoms with E-state index in [-0.39, 0.29) is 0 Å². The van der Waals surface area contributed by atoms with E-state index >= 15 is 0 Å². The predicted molar refractivity (Wildman–Crippen MR) is 78.5 cm³/mol. The van der Waals surface area contributed by atoms with Crippen molar-refractivity contribution in [3.8, 4) is 0 Å². The lowest BCUT2D eigenvalue weighted by molar-refractivity contribution is 0.107. The average Bonchev–Trinajstić information content (AvgIpc) is 2.35. The smallest absolute Gasteiger partial charge is 0.0721 e. The van der Waals surface area contributed by atoms with E-state index in [9.17, 15) is 0 Å². The second-order valence-electron chi connectivity index (χ2n) is 5.09. The number of hydrogen-bond acceptors (Lipinski definition) is 1. The third kappa shape index (κ3) is 1.92. The molecule has 0 N–H and O–H groups in total. The van der Waals surface area contributed by atoms with Crippen LogP contribution < -0.4 is 10.4 Å². The highest BCUT2D eigenvalue weighted by Crippen LogP contribution is 2.24. The second-order valence-corrected chi connectivity index (χ2v) is 5.09. The molecule has 0 atom stereocenters. The van der Waals surface area contributed by atoms with E-state index < -0.39 is 0 Å². The van der Waals surface area contributed by atoms with Crippen LogP contribution in [0.15, 0.2) is 36.4 Å². The largest absolute Gasteiger partial charge is 0.372 e. The van der Waals surface area contributed by atoms with Gasteiger partial charge >= 0.3 is 0 Å². The molecule has 2 aromatic rings. The molecule has 0 fully saturated rings. The first-order valence-electron chi connectivity index (χ1n) is 6.58. The highest BCUT2D eigenvalue weighted by molar-refractivity contribution is 5.85. The first-order chi connectivity index (χ1) is 9.38. The summed E-state index contributed by atoms with van der Waals surface area (Å²) >= 11 is 0. The van der Waals surface area contributed by atoms with Gasteiger partial charge in [0, 0.05) is 0 Å². The Hall–Kier alpha value is -2.12. The molecule has 19 heavy (non-hydrogen) atoms. The number of fused-ring (bicyclic) bond motifs is 2. The molecule has 0 heterocycles. The first-order valence-corrected chi connectivity index (χ1v) is 6.58. The molecule has 92 valence electrons. The Balaban J connectivity index is 1.40. The Morgan fingerprint density at radius 3 is 2.05 bits per heavy atom. The van der Waals surface area contributed by atoms with Crippen LogP contribution in [0.5, 0.6) is 0 Å². The third-order valence-electron chi connectivity index (χ3n) is 3.72. The van der Waals surface area contributed by atoms with Crippen molar-refractivity contribution in [1.29, 1.82) is 0 Å².